The molecule has 3 heterocycles. The van der Waals surface area contributed by atoms with Gasteiger partial charge >= 0.3 is 0 Å². The lowest BCUT2D eigenvalue weighted by Gasteiger charge is -2.12. The fraction of sp³-hybridized carbons (Fsp3) is 0.227. The lowest BCUT2D eigenvalue weighted by molar-refractivity contribution is -0.117. The number of rotatable bonds is 5. The second-order valence-electron chi connectivity index (χ2n) is 7.17. The fourth-order valence-corrected chi connectivity index (χ4v) is 4.26. The topological polar surface area (TPSA) is 89.9 Å². The number of carbonyl (C=O) groups excluding carboxylic acids is 1. The van der Waals surface area contributed by atoms with E-state index in [1.54, 1.807) is 24.5 Å². The molecule has 0 unspecified atom stereocenters. The van der Waals surface area contributed by atoms with Gasteiger partial charge in [-0.15, -0.1) is 11.3 Å². The van der Waals surface area contributed by atoms with E-state index in [9.17, 15) is 4.79 Å². The number of ether oxygens (including phenoxy) is 1. The smallest absolute Gasteiger partial charge is 0.228 e. The van der Waals surface area contributed by atoms with Gasteiger partial charge in [0.1, 0.15) is 17.5 Å². The van der Waals surface area contributed by atoms with Crippen molar-refractivity contribution in [2.75, 3.05) is 12.4 Å². The van der Waals surface area contributed by atoms with Gasteiger partial charge in [-0.25, -0.2) is 19.9 Å². The number of methoxy groups -OCH3 is 1. The fourth-order valence-electron chi connectivity index (χ4n) is 3.32. The molecule has 0 radical (unpaired) electrons. The van der Waals surface area contributed by atoms with Crippen LogP contribution < -0.4 is 10.1 Å². The predicted molar refractivity (Wildman–Crippen MR) is 117 cm³/mol. The van der Waals surface area contributed by atoms with Crippen molar-refractivity contribution >= 4 is 34.1 Å². The Morgan fingerprint density at radius 3 is 2.67 bits per heavy atom. The van der Waals surface area contributed by atoms with Crippen LogP contribution in [0.25, 0.3) is 32.9 Å². The van der Waals surface area contributed by atoms with Crippen LogP contribution in [0.15, 0.2) is 42.7 Å². The van der Waals surface area contributed by atoms with Crippen LogP contribution in [-0.4, -0.2) is 33.0 Å². The van der Waals surface area contributed by atoms with E-state index in [2.05, 4.69) is 15.3 Å². The number of hydrogen-bond donors (Lipinski definition) is 1. The molecule has 30 heavy (non-hydrogen) atoms. The maximum atomic E-state index is 12.3. The number of pyridine rings is 1. The van der Waals surface area contributed by atoms with E-state index in [-0.39, 0.29) is 11.8 Å². The number of fused-ring (bicyclic) bond motifs is 1. The van der Waals surface area contributed by atoms with Gasteiger partial charge in [-0.05, 0) is 19.8 Å². The van der Waals surface area contributed by atoms with Crippen LogP contribution in [-0.2, 0) is 4.79 Å². The Kier molecular flexibility index (Phi) is 4.63. The second-order valence-corrected chi connectivity index (χ2v) is 8.37. The van der Waals surface area contributed by atoms with E-state index in [0.717, 1.165) is 34.0 Å². The summed E-state index contributed by atoms with van der Waals surface area (Å²) in [5, 5.41) is 3.84. The highest BCUT2D eigenvalue weighted by Gasteiger charge is 2.30. The van der Waals surface area contributed by atoms with E-state index < -0.39 is 0 Å². The van der Waals surface area contributed by atoms with Gasteiger partial charge in [0.25, 0.3) is 0 Å². The summed E-state index contributed by atoms with van der Waals surface area (Å²) in [4.78, 5) is 31.6. The molecule has 1 aromatic carbocycles. The molecule has 1 fully saturated rings. The maximum Gasteiger partial charge on any atom is 0.228 e. The Balaban J connectivity index is 1.68. The molecular formula is C22H19N5O2S. The zero-order valence-corrected chi connectivity index (χ0v) is 17.4. The first kappa shape index (κ1) is 18.6. The van der Waals surface area contributed by atoms with Gasteiger partial charge in [0.2, 0.25) is 5.91 Å². The van der Waals surface area contributed by atoms with Crippen molar-refractivity contribution in [2.24, 2.45) is 5.92 Å². The van der Waals surface area contributed by atoms with Crippen molar-refractivity contribution in [1.29, 1.82) is 0 Å². The SMILES string of the molecule is COc1cc2ncnc(-c3sc(C)nc3-c3ccccc3)c2nc1NC(=O)C1CC1. The average molecular weight is 417 g/mol. The molecule has 1 aliphatic carbocycles. The molecule has 3 aromatic heterocycles. The summed E-state index contributed by atoms with van der Waals surface area (Å²) in [6, 6.07) is 11.8. The van der Waals surface area contributed by atoms with E-state index in [1.807, 2.05) is 37.3 Å². The Hall–Kier alpha value is -3.39. The number of nitrogens with zero attached hydrogens (tertiary/aromatic N) is 4. The van der Waals surface area contributed by atoms with Crippen molar-refractivity contribution in [2.45, 2.75) is 19.8 Å². The molecule has 1 aliphatic rings. The van der Waals surface area contributed by atoms with Gasteiger partial charge in [0, 0.05) is 17.5 Å². The Morgan fingerprint density at radius 1 is 1.13 bits per heavy atom. The molecule has 8 heteroatoms. The van der Waals surface area contributed by atoms with Crippen LogP contribution in [0.4, 0.5) is 5.82 Å². The highest BCUT2D eigenvalue weighted by Crippen LogP contribution is 2.39. The number of anilines is 1. The first-order valence-electron chi connectivity index (χ1n) is 9.68. The minimum absolute atomic E-state index is 0.0304. The number of hydrogen-bond acceptors (Lipinski definition) is 7. The first-order valence-corrected chi connectivity index (χ1v) is 10.5. The zero-order valence-electron chi connectivity index (χ0n) is 16.5. The number of nitrogens with one attached hydrogen (secondary N) is 1. The lowest BCUT2D eigenvalue weighted by atomic mass is 10.1. The minimum atomic E-state index is -0.0304. The third kappa shape index (κ3) is 3.39. The molecule has 0 atom stereocenters. The molecular weight excluding hydrogens is 398 g/mol. The molecule has 0 aliphatic heterocycles. The number of amides is 1. The molecule has 0 spiro atoms. The predicted octanol–water partition coefficient (Wildman–Crippen LogP) is 4.48. The van der Waals surface area contributed by atoms with E-state index >= 15 is 0 Å². The van der Waals surface area contributed by atoms with Crippen LogP contribution in [0, 0.1) is 12.8 Å². The van der Waals surface area contributed by atoms with E-state index in [0.29, 0.717) is 28.3 Å². The molecule has 4 aromatic rings. The third-order valence-electron chi connectivity index (χ3n) is 4.98. The molecule has 0 saturated heterocycles. The molecule has 1 saturated carbocycles. The van der Waals surface area contributed by atoms with Crippen LogP contribution in [0.3, 0.4) is 0 Å². The Bertz CT molecular complexity index is 1250. The van der Waals surface area contributed by atoms with Gasteiger partial charge in [0.15, 0.2) is 11.6 Å². The van der Waals surface area contributed by atoms with Crippen LogP contribution in [0.5, 0.6) is 5.75 Å². The quantitative estimate of drug-likeness (QED) is 0.515. The highest BCUT2D eigenvalue weighted by molar-refractivity contribution is 7.15. The van der Waals surface area contributed by atoms with E-state index in [1.165, 1.54) is 6.33 Å². The summed E-state index contributed by atoms with van der Waals surface area (Å²) in [6.07, 6.45) is 3.35. The number of aryl methyl sites for hydroxylation is 1. The number of benzene rings is 1. The Morgan fingerprint density at radius 2 is 1.93 bits per heavy atom. The average Bonchev–Trinajstić information content (AvgIpc) is 3.55. The number of carbonyl (C=O) groups is 1. The van der Waals surface area contributed by atoms with Crippen molar-refractivity contribution in [3.63, 3.8) is 0 Å². The second kappa shape index (κ2) is 7.46. The standard InChI is InChI=1S/C22H19N5O2S/c1-12-25-17(13-6-4-3-5-7-13)20(30-12)19-18-15(23-11-24-19)10-16(29-2)21(26-18)27-22(28)14-8-9-14/h3-7,10-11,14H,8-9H2,1-2H3,(H,26,27,28). The maximum absolute atomic E-state index is 12.3. The van der Waals surface area contributed by atoms with Crippen molar-refractivity contribution in [3.05, 3.63) is 47.7 Å². The minimum Gasteiger partial charge on any atom is -0.493 e. The summed E-state index contributed by atoms with van der Waals surface area (Å²) in [5.41, 5.74) is 3.81. The summed E-state index contributed by atoms with van der Waals surface area (Å²) < 4.78 is 5.45. The molecule has 7 nitrogen and oxygen atoms in total. The van der Waals surface area contributed by atoms with Crippen molar-refractivity contribution in [3.8, 4) is 27.6 Å². The highest BCUT2D eigenvalue weighted by atomic mass is 32.1. The molecule has 150 valence electrons. The normalized spacial score (nSPS) is 13.4. The van der Waals surface area contributed by atoms with Gasteiger partial charge < -0.3 is 10.1 Å². The van der Waals surface area contributed by atoms with Crippen LogP contribution in [0.1, 0.15) is 17.8 Å². The number of thiazole rings is 1. The summed E-state index contributed by atoms with van der Waals surface area (Å²) in [5.74, 6) is 0.898. The number of aromatic nitrogens is 4. The van der Waals surface area contributed by atoms with Crippen LogP contribution in [0.2, 0.25) is 0 Å². The largest absolute Gasteiger partial charge is 0.493 e. The molecule has 5 rings (SSSR count). The monoisotopic (exact) mass is 417 g/mol. The van der Waals surface area contributed by atoms with Crippen molar-refractivity contribution < 1.29 is 9.53 Å². The molecule has 1 amide bonds. The Labute approximate surface area is 177 Å². The van der Waals surface area contributed by atoms with Gasteiger partial charge in [-0.3, -0.25) is 4.79 Å². The van der Waals surface area contributed by atoms with Gasteiger partial charge in [-0.1, -0.05) is 30.3 Å². The van der Waals surface area contributed by atoms with Crippen molar-refractivity contribution in [1.82, 2.24) is 19.9 Å². The lowest BCUT2D eigenvalue weighted by Crippen LogP contribution is -2.15. The summed E-state index contributed by atoms with van der Waals surface area (Å²) in [7, 11) is 1.55. The van der Waals surface area contributed by atoms with E-state index in [4.69, 9.17) is 14.7 Å². The summed E-state index contributed by atoms with van der Waals surface area (Å²) >= 11 is 1.56. The van der Waals surface area contributed by atoms with Gasteiger partial charge in [0.05, 0.1) is 28.2 Å². The molecule has 1 N–H and O–H groups in total. The first-order chi connectivity index (χ1) is 14.6. The molecule has 0 bridgehead atoms. The summed E-state index contributed by atoms with van der Waals surface area (Å²) in [6.45, 7) is 1.97. The van der Waals surface area contributed by atoms with Crippen LogP contribution >= 0.6 is 11.3 Å². The third-order valence-corrected chi connectivity index (χ3v) is 5.96. The van der Waals surface area contributed by atoms with Gasteiger partial charge in [-0.2, -0.15) is 0 Å². The zero-order chi connectivity index (χ0) is 20.7.